The second-order valence-electron chi connectivity index (χ2n) is 3.04. The average molecular weight is 182 g/mol. The molecule has 4 heteroatoms. The third-order valence-corrected chi connectivity index (χ3v) is 2.15. The van der Waals surface area contributed by atoms with E-state index in [-0.39, 0.29) is 17.5 Å². The molecule has 0 aliphatic rings. The van der Waals surface area contributed by atoms with Crippen molar-refractivity contribution in [3.63, 3.8) is 0 Å². The predicted octanol–water partition coefficient (Wildman–Crippen LogP) is 0.931. The summed E-state index contributed by atoms with van der Waals surface area (Å²) >= 11 is 0. The van der Waals surface area contributed by atoms with Gasteiger partial charge < -0.3 is 10.2 Å². The molecule has 0 heterocycles. The van der Waals surface area contributed by atoms with E-state index in [1.165, 1.54) is 6.07 Å². The molecule has 72 valence electrons. The normalized spacial score (nSPS) is 12.8. The van der Waals surface area contributed by atoms with E-state index in [0.717, 1.165) is 0 Å². The molecular formula is C9H14N2O2. The molecule has 0 amide bonds. The van der Waals surface area contributed by atoms with E-state index in [1.54, 1.807) is 13.0 Å². The van der Waals surface area contributed by atoms with Gasteiger partial charge in [0.25, 0.3) is 0 Å². The summed E-state index contributed by atoms with van der Waals surface area (Å²) in [5, 5.41) is 18.9. The van der Waals surface area contributed by atoms with Gasteiger partial charge in [-0.3, -0.25) is 11.3 Å². The lowest BCUT2D eigenvalue weighted by molar-refractivity contribution is 0.430. The smallest absolute Gasteiger partial charge is 0.126 e. The first kappa shape index (κ1) is 9.83. The Morgan fingerprint density at radius 2 is 2.00 bits per heavy atom. The SMILES string of the molecule is Cc1c(O)ccc([C@H](C)NN)c1O. The molecule has 0 saturated heterocycles. The third-order valence-electron chi connectivity index (χ3n) is 2.15. The molecule has 0 aliphatic heterocycles. The third kappa shape index (κ3) is 1.74. The van der Waals surface area contributed by atoms with Crippen LogP contribution >= 0.6 is 0 Å². The topological polar surface area (TPSA) is 78.5 Å². The maximum Gasteiger partial charge on any atom is 0.126 e. The van der Waals surface area contributed by atoms with Crippen LogP contribution in [0.4, 0.5) is 0 Å². The minimum absolute atomic E-state index is 0.0884. The van der Waals surface area contributed by atoms with Crippen LogP contribution in [-0.2, 0) is 0 Å². The number of phenols is 2. The van der Waals surface area contributed by atoms with E-state index in [4.69, 9.17) is 5.84 Å². The van der Waals surface area contributed by atoms with E-state index < -0.39 is 0 Å². The van der Waals surface area contributed by atoms with Gasteiger partial charge >= 0.3 is 0 Å². The Balaban J connectivity index is 3.18. The number of hydrogen-bond donors (Lipinski definition) is 4. The van der Waals surface area contributed by atoms with Gasteiger partial charge in [0.05, 0.1) is 0 Å². The zero-order valence-electron chi connectivity index (χ0n) is 7.70. The molecule has 5 N–H and O–H groups in total. The Hall–Kier alpha value is -1.26. The fourth-order valence-corrected chi connectivity index (χ4v) is 1.15. The summed E-state index contributed by atoms with van der Waals surface area (Å²) < 4.78 is 0. The van der Waals surface area contributed by atoms with Crippen LogP contribution in [-0.4, -0.2) is 10.2 Å². The van der Waals surface area contributed by atoms with E-state index in [2.05, 4.69) is 5.43 Å². The number of hydrazine groups is 1. The van der Waals surface area contributed by atoms with Crippen LogP contribution in [0.5, 0.6) is 11.5 Å². The van der Waals surface area contributed by atoms with Crippen molar-refractivity contribution in [3.05, 3.63) is 23.3 Å². The molecule has 0 bridgehead atoms. The molecule has 0 fully saturated rings. The molecule has 1 aromatic rings. The minimum atomic E-state index is -0.140. The summed E-state index contributed by atoms with van der Waals surface area (Å²) in [6.45, 7) is 3.48. The summed E-state index contributed by atoms with van der Waals surface area (Å²) in [5.74, 6) is 5.41. The van der Waals surface area contributed by atoms with Crippen LogP contribution < -0.4 is 11.3 Å². The number of rotatable bonds is 2. The van der Waals surface area contributed by atoms with E-state index in [1.807, 2.05) is 6.92 Å². The van der Waals surface area contributed by atoms with Gasteiger partial charge in [0.2, 0.25) is 0 Å². The Kier molecular flexibility index (Phi) is 2.75. The van der Waals surface area contributed by atoms with Crippen molar-refractivity contribution >= 4 is 0 Å². The lowest BCUT2D eigenvalue weighted by atomic mass is 10.0. The summed E-state index contributed by atoms with van der Waals surface area (Å²) in [5.41, 5.74) is 3.68. The molecule has 1 rings (SSSR count). The second-order valence-corrected chi connectivity index (χ2v) is 3.04. The summed E-state index contributed by atoms with van der Waals surface area (Å²) in [6.07, 6.45) is 0. The molecule has 0 spiro atoms. The van der Waals surface area contributed by atoms with Crippen molar-refractivity contribution < 1.29 is 10.2 Å². The van der Waals surface area contributed by atoms with Crippen LogP contribution in [0.25, 0.3) is 0 Å². The molecular weight excluding hydrogens is 168 g/mol. The number of nitrogens with two attached hydrogens (primary N) is 1. The highest BCUT2D eigenvalue weighted by Crippen LogP contribution is 2.32. The van der Waals surface area contributed by atoms with Gasteiger partial charge in [0.1, 0.15) is 11.5 Å². The molecule has 4 nitrogen and oxygen atoms in total. The van der Waals surface area contributed by atoms with Gasteiger partial charge in [-0.1, -0.05) is 6.07 Å². The van der Waals surface area contributed by atoms with Crippen LogP contribution in [0.2, 0.25) is 0 Å². The van der Waals surface area contributed by atoms with Gasteiger partial charge in [-0.25, -0.2) is 0 Å². The first-order valence-corrected chi connectivity index (χ1v) is 4.05. The maximum atomic E-state index is 9.62. The van der Waals surface area contributed by atoms with Crippen molar-refractivity contribution in [1.82, 2.24) is 5.43 Å². The standard InChI is InChI=1S/C9H14N2O2/c1-5-8(12)4-3-7(9(5)13)6(2)11-10/h3-4,6,11-13H,10H2,1-2H3/t6-/m0/s1. The van der Waals surface area contributed by atoms with E-state index >= 15 is 0 Å². The molecule has 13 heavy (non-hydrogen) atoms. The second kappa shape index (κ2) is 3.64. The summed E-state index contributed by atoms with van der Waals surface area (Å²) in [6, 6.07) is 3.04. The maximum absolute atomic E-state index is 9.62. The van der Waals surface area contributed by atoms with Crippen LogP contribution in [0.15, 0.2) is 12.1 Å². The number of aromatic hydroxyl groups is 2. The summed E-state index contributed by atoms with van der Waals surface area (Å²) in [4.78, 5) is 0. The lowest BCUT2D eigenvalue weighted by Gasteiger charge is -2.14. The molecule has 1 atom stereocenters. The monoisotopic (exact) mass is 182 g/mol. The molecule has 0 unspecified atom stereocenters. The highest BCUT2D eigenvalue weighted by Gasteiger charge is 2.12. The largest absolute Gasteiger partial charge is 0.508 e. The molecule has 0 saturated carbocycles. The number of benzene rings is 1. The van der Waals surface area contributed by atoms with Gasteiger partial charge in [-0.2, -0.15) is 0 Å². The Labute approximate surface area is 77.0 Å². The first-order chi connectivity index (χ1) is 6.07. The Morgan fingerprint density at radius 1 is 1.38 bits per heavy atom. The van der Waals surface area contributed by atoms with Crippen molar-refractivity contribution in [2.45, 2.75) is 19.9 Å². The molecule has 1 aromatic carbocycles. The predicted molar refractivity (Wildman–Crippen MR) is 50.2 cm³/mol. The van der Waals surface area contributed by atoms with Crippen molar-refractivity contribution in [1.29, 1.82) is 0 Å². The summed E-state index contributed by atoms with van der Waals surface area (Å²) in [7, 11) is 0. The zero-order chi connectivity index (χ0) is 10.0. The molecule has 0 radical (unpaired) electrons. The van der Waals surface area contributed by atoms with E-state index in [9.17, 15) is 10.2 Å². The Bertz CT molecular complexity index is 313. The molecule has 0 aromatic heterocycles. The van der Waals surface area contributed by atoms with Crippen molar-refractivity contribution in [2.75, 3.05) is 0 Å². The van der Waals surface area contributed by atoms with Crippen molar-refractivity contribution in [2.24, 2.45) is 5.84 Å². The van der Waals surface area contributed by atoms with Crippen LogP contribution in [0, 0.1) is 6.92 Å². The number of phenolic OH excluding ortho intramolecular Hbond substituents is 2. The number of hydrogen-bond acceptors (Lipinski definition) is 4. The average Bonchev–Trinajstić information content (AvgIpc) is 2.13. The quantitative estimate of drug-likeness (QED) is 0.405. The van der Waals surface area contributed by atoms with Crippen LogP contribution in [0.3, 0.4) is 0 Å². The highest BCUT2D eigenvalue weighted by atomic mass is 16.3. The van der Waals surface area contributed by atoms with Crippen LogP contribution in [0.1, 0.15) is 24.1 Å². The fourth-order valence-electron chi connectivity index (χ4n) is 1.15. The van der Waals surface area contributed by atoms with E-state index in [0.29, 0.717) is 11.1 Å². The minimum Gasteiger partial charge on any atom is -0.508 e. The fraction of sp³-hybridized carbons (Fsp3) is 0.333. The van der Waals surface area contributed by atoms with Gasteiger partial charge in [-0.05, 0) is 19.9 Å². The van der Waals surface area contributed by atoms with Gasteiger partial charge in [-0.15, -0.1) is 0 Å². The number of nitrogens with one attached hydrogen (secondary N) is 1. The zero-order valence-corrected chi connectivity index (χ0v) is 7.70. The van der Waals surface area contributed by atoms with Gasteiger partial charge in [0.15, 0.2) is 0 Å². The van der Waals surface area contributed by atoms with Gasteiger partial charge in [0, 0.05) is 17.2 Å². The molecule has 0 aliphatic carbocycles. The lowest BCUT2D eigenvalue weighted by Crippen LogP contribution is -2.25. The first-order valence-electron chi connectivity index (χ1n) is 4.05. The Morgan fingerprint density at radius 3 is 2.54 bits per heavy atom. The van der Waals surface area contributed by atoms with Crippen molar-refractivity contribution in [3.8, 4) is 11.5 Å². The highest BCUT2D eigenvalue weighted by molar-refractivity contribution is 5.48.